The lowest BCUT2D eigenvalue weighted by Crippen LogP contribution is -2.42. The normalized spacial score (nSPS) is 17.7. The number of hydrogen-bond donors (Lipinski definition) is 1. The summed E-state index contributed by atoms with van der Waals surface area (Å²) in [6.07, 6.45) is 4.26. The number of rotatable bonds is 6. The molecule has 5 nitrogen and oxygen atoms in total. The summed E-state index contributed by atoms with van der Waals surface area (Å²) >= 11 is 5.92. The van der Waals surface area contributed by atoms with Crippen molar-refractivity contribution in [1.82, 2.24) is 9.88 Å². The molecule has 1 atom stereocenters. The van der Waals surface area contributed by atoms with Gasteiger partial charge in [0.1, 0.15) is 0 Å². The fourth-order valence-electron chi connectivity index (χ4n) is 3.08. The van der Waals surface area contributed by atoms with Gasteiger partial charge in [-0.05, 0) is 42.3 Å². The number of pyridine rings is 1. The fraction of sp³-hybridized carbons (Fsp3) is 0.333. The van der Waals surface area contributed by atoms with Crippen molar-refractivity contribution in [2.45, 2.75) is 19.0 Å². The van der Waals surface area contributed by atoms with E-state index in [1.165, 1.54) is 0 Å². The largest absolute Gasteiger partial charge is 0.395 e. The van der Waals surface area contributed by atoms with E-state index >= 15 is 0 Å². The van der Waals surface area contributed by atoms with Gasteiger partial charge < -0.3 is 10.0 Å². The number of amides is 1. The van der Waals surface area contributed by atoms with E-state index in [9.17, 15) is 9.90 Å². The maximum atomic E-state index is 12.9. The van der Waals surface area contributed by atoms with Crippen LogP contribution in [0.25, 0.3) is 0 Å². The number of nitrogens with zero attached hydrogens (tertiary/aromatic N) is 3. The molecule has 2 heterocycles. The van der Waals surface area contributed by atoms with Gasteiger partial charge in [-0.15, -0.1) is 0 Å². The Morgan fingerprint density at radius 2 is 2.08 bits per heavy atom. The van der Waals surface area contributed by atoms with Crippen LogP contribution >= 0.6 is 11.6 Å². The van der Waals surface area contributed by atoms with Gasteiger partial charge >= 0.3 is 0 Å². The lowest BCUT2D eigenvalue weighted by atomic mass is 10.1. The summed E-state index contributed by atoms with van der Waals surface area (Å²) in [5.74, 6) is 0.0645. The second-order valence-electron chi connectivity index (χ2n) is 5.83. The van der Waals surface area contributed by atoms with E-state index in [1.54, 1.807) is 29.4 Å². The highest BCUT2D eigenvalue weighted by atomic mass is 35.5. The third kappa shape index (κ3) is 3.75. The molecular formula is C18H20ClN3O2. The van der Waals surface area contributed by atoms with Crippen molar-refractivity contribution in [3.63, 3.8) is 0 Å². The maximum absolute atomic E-state index is 12.9. The topological polar surface area (TPSA) is 56.7 Å². The summed E-state index contributed by atoms with van der Waals surface area (Å²) in [5, 5.41) is 10.0. The molecule has 3 rings (SSSR count). The molecule has 6 heteroatoms. The van der Waals surface area contributed by atoms with Crippen LogP contribution in [0.1, 0.15) is 12.0 Å². The molecule has 1 aliphatic heterocycles. The smallest absolute Gasteiger partial charge is 0.244 e. The Morgan fingerprint density at radius 1 is 1.29 bits per heavy atom. The second kappa shape index (κ2) is 7.75. The van der Waals surface area contributed by atoms with Crippen molar-refractivity contribution in [2.75, 3.05) is 24.6 Å². The van der Waals surface area contributed by atoms with Crippen molar-refractivity contribution < 1.29 is 9.90 Å². The zero-order valence-corrected chi connectivity index (χ0v) is 14.1. The van der Waals surface area contributed by atoms with E-state index in [1.807, 2.05) is 29.2 Å². The molecule has 126 valence electrons. The Kier molecular flexibility index (Phi) is 5.45. The van der Waals surface area contributed by atoms with Gasteiger partial charge in [0.25, 0.3) is 0 Å². The van der Waals surface area contributed by atoms with Gasteiger partial charge in [-0.2, -0.15) is 0 Å². The lowest BCUT2D eigenvalue weighted by molar-refractivity contribution is -0.122. The lowest BCUT2D eigenvalue weighted by Gasteiger charge is -2.27. The molecule has 2 aromatic rings. The molecule has 24 heavy (non-hydrogen) atoms. The van der Waals surface area contributed by atoms with E-state index in [4.69, 9.17) is 11.6 Å². The van der Waals surface area contributed by atoms with Crippen LogP contribution in [0.4, 0.5) is 5.69 Å². The molecule has 1 amide bonds. The average Bonchev–Trinajstić information content (AvgIpc) is 2.98. The zero-order chi connectivity index (χ0) is 16.9. The SMILES string of the molecule is O=C1C(N(CCO)Cc2cccnc2)CCN1c1ccc(Cl)cc1. The summed E-state index contributed by atoms with van der Waals surface area (Å²) in [7, 11) is 0. The van der Waals surface area contributed by atoms with Gasteiger partial charge in [0, 0.05) is 42.7 Å². The van der Waals surface area contributed by atoms with E-state index in [0.29, 0.717) is 24.7 Å². The molecule has 1 unspecified atom stereocenters. The number of hydrogen-bond acceptors (Lipinski definition) is 4. The predicted octanol–water partition coefficient (Wildman–Crippen LogP) is 2.33. The first kappa shape index (κ1) is 16.9. The Balaban J connectivity index is 1.74. The van der Waals surface area contributed by atoms with Crippen LogP contribution in [-0.4, -0.2) is 46.6 Å². The molecule has 1 N–H and O–H groups in total. The Labute approximate surface area is 146 Å². The standard InChI is InChI=1S/C18H20ClN3O2/c19-15-3-5-16(6-4-15)22-9-7-17(18(22)24)21(10-11-23)13-14-2-1-8-20-12-14/h1-6,8,12,17,23H,7,9-11,13H2. The van der Waals surface area contributed by atoms with Gasteiger partial charge in [0.15, 0.2) is 0 Å². The highest BCUT2D eigenvalue weighted by molar-refractivity contribution is 6.30. The van der Waals surface area contributed by atoms with E-state index in [-0.39, 0.29) is 18.6 Å². The molecule has 0 bridgehead atoms. The van der Waals surface area contributed by atoms with Gasteiger partial charge in [-0.1, -0.05) is 17.7 Å². The molecule has 1 saturated heterocycles. The summed E-state index contributed by atoms with van der Waals surface area (Å²) in [6.45, 7) is 1.74. The minimum Gasteiger partial charge on any atom is -0.395 e. The maximum Gasteiger partial charge on any atom is 0.244 e. The molecule has 0 saturated carbocycles. The zero-order valence-electron chi connectivity index (χ0n) is 13.3. The first-order valence-electron chi connectivity index (χ1n) is 8.00. The monoisotopic (exact) mass is 345 g/mol. The summed E-state index contributed by atoms with van der Waals surface area (Å²) < 4.78 is 0. The number of aliphatic hydroxyl groups is 1. The molecule has 0 spiro atoms. The van der Waals surface area contributed by atoms with Gasteiger partial charge in [-0.3, -0.25) is 14.7 Å². The molecule has 1 aromatic heterocycles. The summed E-state index contributed by atoms with van der Waals surface area (Å²) in [4.78, 5) is 20.8. The van der Waals surface area contributed by atoms with Crippen molar-refractivity contribution in [3.05, 3.63) is 59.4 Å². The van der Waals surface area contributed by atoms with Gasteiger partial charge in [-0.25, -0.2) is 0 Å². The number of aliphatic hydroxyl groups excluding tert-OH is 1. The van der Waals surface area contributed by atoms with Crippen LogP contribution < -0.4 is 4.90 Å². The number of aromatic nitrogens is 1. The third-order valence-electron chi connectivity index (χ3n) is 4.25. The van der Waals surface area contributed by atoms with Crippen LogP contribution in [0.15, 0.2) is 48.8 Å². The quantitative estimate of drug-likeness (QED) is 0.873. The van der Waals surface area contributed by atoms with Crippen LogP contribution in [0.2, 0.25) is 5.02 Å². The average molecular weight is 346 g/mol. The highest BCUT2D eigenvalue weighted by Gasteiger charge is 2.36. The minimum absolute atomic E-state index is 0.0188. The Hall–Kier alpha value is -1.95. The molecular weight excluding hydrogens is 326 g/mol. The molecule has 0 radical (unpaired) electrons. The van der Waals surface area contributed by atoms with Crippen molar-refractivity contribution in [3.8, 4) is 0 Å². The van der Waals surface area contributed by atoms with Crippen molar-refractivity contribution in [2.24, 2.45) is 0 Å². The Bertz CT molecular complexity index is 678. The predicted molar refractivity (Wildman–Crippen MR) is 93.9 cm³/mol. The third-order valence-corrected chi connectivity index (χ3v) is 4.50. The van der Waals surface area contributed by atoms with Gasteiger partial charge in [0.05, 0.1) is 12.6 Å². The van der Waals surface area contributed by atoms with Gasteiger partial charge in [0.2, 0.25) is 5.91 Å². The van der Waals surface area contributed by atoms with E-state index in [0.717, 1.165) is 17.7 Å². The number of anilines is 1. The fourth-order valence-corrected chi connectivity index (χ4v) is 3.21. The van der Waals surface area contributed by atoms with Crippen molar-refractivity contribution in [1.29, 1.82) is 0 Å². The van der Waals surface area contributed by atoms with E-state index < -0.39 is 0 Å². The Morgan fingerprint density at radius 3 is 2.75 bits per heavy atom. The van der Waals surface area contributed by atoms with E-state index in [2.05, 4.69) is 4.98 Å². The summed E-state index contributed by atoms with van der Waals surface area (Å²) in [6, 6.07) is 10.9. The van der Waals surface area contributed by atoms with Crippen molar-refractivity contribution >= 4 is 23.2 Å². The van der Waals surface area contributed by atoms with Crippen LogP contribution in [0.3, 0.4) is 0 Å². The van der Waals surface area contributed by atoms with Crippen LogP contribution in [0, 0.1) is 0 Å². The molecule has 0 aliphatic carbocycles. The molecule has 1 aliphatic rings. The number of carbonyl (C=O) groups excluding carboxylic acids is 1. The molecule has 1 aromatic carbocycles. The summed E-state index contributed by atoms with van der Waals surface area (Å²) in [5.41, 5.74) is 1.89. The number of benzene rings is 1. The van der Waals surface area contributed by atoms with Crippen LogP contribution in [-0.2, 0) is 11.3 Å². The molecule has 1 fully saturated rings. The minimum atomic E-state index is -0.229. The highest BCUT2D eigenvalue weighted by Crippen LogP contribution is 2.26. The second-order valence-corrected chi connectivity index (χ2v) is 6.26. The first-order valence-corrected chi connectivity index (χ1v) is 8.37. The number of carbonyl (C=O) groups is 1. The van der Waals surface area contributed by atoms with Crippen LogP contribution in [0.5, 0.6) is 0 Å². The first-order chi connectivity index (χ1) is 11.7. The number of halogens is 1.